The van der Waals surface area contributed by atoms with Crippen LogP contribution in [0.1, 0.15) is 51.4 Å². The van der Waals surface area contributed by atoms with Crippen LogP contribution in [-0.2, 0) is 9.47 Å². The molecular formula is C15H27NO2. The molecule has 3 aliphatic rings. The standard InChI is InChI=1S/C15H27NO2/c1-2-7-15(6-1)8-5-14(18-15)11-16-9-10-17-12-13-3-4-13/h13-14,16H,1-12H2. The van der Waals surface area contributed by atoms with Gasteiger partial charge in [-0.25, -0.2) is 0 Å². The van der Waals surface area contributed by atoms with Gasteiger partial charge in [0.15, 0.2) is 0 Å². The predicted octanol–water partition coefficient (Wildman–Crippen LogP) is 2.49. The maximum absolute atomic E-state index is 6.26. The molecule has 1 spiro atoms. The van der Waals surface area contributed by atoms with E-state index in [4.69, 9.17) is 9.47 Å². The minimum absolute atomic E-state index is 0.287. The summed E-state index contributed by atoms with van der Waals surface area (Å²) in [6.07, 6.45) is 11.1. The van der Waals surface area contributed by atoms with Gasteiger partial charge in [0.1, 0.15) is 0 Å². The van der Waals surface area contributed by atoms with Crippen LogP contribution in [0.15, 0.2) is 0 Å². The molecule has 18 heavy (non-hydrogen) atoms. The van der Waals surface area contributed by atoms with Gasteiger partial charge in [-0.3, -0.25) is 0 Å². The molecule has 0 radical (unpaired) electrons. The lowest BCUT2D eigenvalue weighted by Gasteiger charge is -2.23. The van der Waals surface area contributed by atoms with Gasteiger partial charge < -0.3 is 14.8 Å². The fourth-order valence-electron chi connectivity index (χ4n) is 3.37. The van der Waals surface area contributed by atoms with Gasteiger partial charge in [-0.15, -0.1) is 0 Å². The van der Waals surface area contributed by atoms with E-state index in [-0.39, 0.29) is 5.60 Å². The number of hydrogen-bond acceptors (Lipinski definition) is 3. The first-order chi connectivity index (χ1) is 8.86. The molecule has 0 bridgehead atoms. The first-order valence-corrected chi connectivity index (χ1v) is 7.83. The van der Waals surface area contributed by atoms with E-state index >= 15 is 0 Å². The van der Waals surface area contributed by atoms with Gasteiger partial charge in [0.25, 0.3) is 0 Å². The van der Waals surface area contributed by atoms with E-state index in [0.29, 0.717) is 6.10 Å². The summed E-state index contributed by atoms with van der Waals surface area (Å²) in [6, 6.07) is 0. The fraction of sp³-hybridized carbons (Fsp3) is 1.00. The third-order valence-corrected chi connectivity index (χ3v) is 4.70. The van der Waals surface area contributed by atoms with Crippen LogP contribution < -0.4 is 5.32 Å². The number of nitrogens with one attached hydrogen (secondary N) is 1. The second-order valence-electron chi connectivity index (χ2n) is 6.39. The molecule has 1 unspecified atom stereocenters. The Morgan fingerprint density at radius 2 is 1.94 bits per heavy atom. The maximum Gasteiger partial charge on any atom is 0.0708 e. The molecule has 3 heteroatoms. The Morgan fingerprint density at radius 1 is 1.11 bits per heavy atom. The molecule has 1 atom stereocenters. The van der Waals surface area contributed by atoms with E-state index in [1.807, 2.05) is 0 Å². The Bertz CT molecular complexity index is 259. The van der Waals surface area contributed by atoms with E-state index in [1.165, 1.54) is 51.4 Å². The van der Waals surface area contributed by atoms with Crippen molar-refractivity contribution in [2.45, 2.75) is 63.1 Å². The normalized spacial score (nSPS) is 30.3. The van der Waals surface area contributed by atoms with Gasteiger partial charge in [-0.2, -0.15) is 0 Å². The monoisotopic (exact) mass is 253 g/mol. The number of rotatable bonds is 7. The van der Waals surface area contributed by atoms with Crippen LogP contribution in [0.2, 0.25) is 0 Å². The van der Waals surface area contributed by atoms with Crippen molar-refractivity contribution in [1.29, 1.82) is 0 Å². The Kier molecular flexibility index (Phi) is 4.22. The van der Waals surface area contributed by atoms with Gasteiger partial charge in [0.2, 0.25) is 0 Å². The smallest absolute Gasteiger partial charge is 0.0708 e. The third kappa shape index (κ3) is 3.46. The summed E-state index contributed by atoms with van der Waals surface area (Å²) < 4.78 is 11.9. The molecule has 2 aliphatic carbocycles. The van der Waals surface area contributed by atoms with E-state index in [1.54, 1.807) is 0 Å². The molecule has 0 amide bonds. The van der Waals surface area contributed by atoms with Crippen molar-refractivity contribution in [3.05, 3.63) is 0 Å². The van der Waals surface area contributed by atoms with Crippen molar-refractivity contribution >= 4 is 0 Å². The molecule has 3 fully saturated rings. The summed E-state index contributed by atoms with van der Waals surface area (Å²) in [4.78, 5) is 0. The van der Waals surface area contributed by atoms with Crippen molar-refractivity contribution in [3.63, 3.8) is 0 Å². The number of hydrogen-bond donors (Lipinski definition) is 1. The van der Waals surface area contributed by atoms with Crippen LogP contribution in [0, 0.1) is 5.92 Å². The highest BCUT2D eigenvalue weighted by molar-refractivity contribution is 4.93. The predicted molar refractivity (Wildman–Crippen MR) is 71.7 cm³/mol. The first-order valence-electron chi connectivity index (χ1n) is 7.83. The zero-order valence-electron chi connectivity index (χ0n) is 11.5. The summed E-state index contributed by atoms with van der Waals surface area (Å²) in [5.74, 6) is 0.880. The lowest BCUT2D eigenvalue weighted by Crippen LogP contribution is -2.32. The molecule has 1 heterocycles. The summed E-state index contributed by atoms with van der Waals surface area (Å²) in [7, 11) is 0. The zero-order valence-corrected chi connectivity index (χ0v) is 11.5. The van der Waals surface area contributed by atoms with Crippen LogP contribution in [0.3, 0.4) is 0 Å². The first kappa shape index (κ1) is 12.9. The average Bonchev–Trinajstić information content (AvgIpc) is 2.96. The lowest BCUT2D eigenvalue weighted by molar-refractivity contribution is -0.0354. The van der Waals surface area contributed by atoms with Crippen molar-refractivity contribution in [3.8, 4) is 0 Å². The van der Waals surface area contributed by atoms with E-state index in [0.717, 1.165) is 32.2 Å². The minimum atomic E-state index is 0.287. The van der Waals surface area contributed by atoms with Gasteiger partial charge in [-0.05, 0) is 44.4 Å². The van der Waals surface area contributed by atoms with Crippen LogP contribution in [-0.4, -0.2) is 38.0 Å². The van der Waals surface area contributed by atoms with Crippen molar-refractivity contribution < 1.29 is 9.47 Å². The molecule has 0 aromatic rings. The highest BCUT2D eigenvalue weighted by Crippen LogP contribution is 2.43. The Morgan fingerprint density at radius 3 is 2.72 bits per heavy atom. The fourth-order valence-corrected chi connectivity index (χ4v) is 3.37. The quantitative estimate of drug-likeness (QED) is 0.707. The summed E-state index contributed by atoms with van der Waals surface area (Å²) >= 11 is 0. The Hall–Kier alpha value is -0.120. The number of ether oxygens (including phenoxy) is 2. The average molecular weight is 253 g/mol. The van der Waals surface area contributed by atoms with Crippen molar-refractivity contribution in [2.75, 3.05) is 26.3 Å². The Balaban J connectivity index is 1.23. The lowest BCUT2D eigenvalue weighted by atomic mass is 9.98. The molecule has 1 aliphatic heterocycles. The third-order valence-electron chi connectivity index (χ3n) is 4.70. The molecule has 1 N–H and O–H groups in total. The van der Waals surface area contributed by atoms with Crippen molar-refractivity contribution in [2.24, 2.45) is 5.92 Å². The summed E-state index contributed by atoms with van der Waals surface area (Å²) in [5.41, 5.74) is 0.287. The topological polar surface area (TPSA) is 30.5 Å². The van der Waals surface area contributed by atoms with Gasteiger partial charge in [0.05, 0.1) is 18.3 Å². The second kappa shape index (κ2) is 5.89. The molecule has 0 aromatic carbocycles. The Labute approximate surface area is 111 Å². The minimum Gasteiger partial charge on any atom is -0.380 e. The molecule has 1 saturated heterocycles. The van der Waals surface area contributed by atoms with Gasteiger partial charge >= 0.3 is 0 Å². The highest BCUT2D eigenvalue weighted by atomic mass is 16.5. The molecule has 0 aromatic heterocycles. The highest BCUT2D eigenvalue weighted by Gasteiger charge is 2.41. The van der Waals surface area contributed by atoms with E-state index in [2.05, 4.69) is 5.32 Å². The maximum atomic E-state index is 6.26. The molecule has 2 saturated carbocycles. The molecular weight excluding hydrogens is 226 g/mol. The van der Waals surface area contributed by atoms with Crippen LogP contribution >= 0.6 is 0 Å². The summed E-state index contributed by atoms with van der Waals surface area (Å²) in [5, 5.41) is 3.48. The van der Waals surface area contributed by atoms with Gasteiger partial charge in [-0.1, -0.05) is 12.8 Å². The van der Waals surface area contributed by atoms with Crippen LogP contribution in [0.25, 0.3) is 0 Å². The van der Waals surface area contributed by atoms with E-state index < -0.39 is 0 Å². The molecule has 3 rings (SSSR count). The molecule has 104 valence electrons. The van der Waals surface area contributed by atoms with Crippen LogP contribution in [0.5, 0.6) is 0 Å². The van der Waals surface area contributed by atoms with Gasteiger partial charge in [0, 0.05) is 19.7 Å². The van der Waals surface area contributed by atoms with Crippen molar-refractivity contribution in [1.82, 2.24) is 5.32 Å². The second-order valence-corrected chi connectivity index (χ2v) is 6.39. The summed E-state index contributed by atoms with van der Waals surface area (Å²) in [6.45, 7) is 3.81. The largest absolute Gasteiger partial charge is 0.380 e. The zero-order chi connectivity index (χ0) is 12.3. The van der Waals surface area contributed by atoms with E-state index in [9.17, 15) is 0 Å². The van der Waals surface area contributed by atoms with Crippen LogP contribution in [0.4, 0.5) is 0 Å². The molecule has 3 nitrogen and oxygen atoms in total. The SMILES string of the molecule is C1CCC2(C1)CCC(CNCCOCC1CC1)O2.